The highest BCUT2D eigenvalue weighted by Gasteiger charge is 2.03. The second-order valence-electron chi connectivity index (χ2n) is 4.48. The first-order valence-electron chi connectivity index (χ1n) is 6.59. The standard InChI is InChI=1S/C16H16N2O3/c1-13-4-2-5-14(12-13)20-10-11-21-15-6-3-8-18(9-7-17)16(15)19/h2-6,8,12H,9-11H2,1H3. The molecular formula is C16H16N2O3. The number of aromatic nitrogens is 1. The quantitative estimate of drug-likeness (QED) is 0.762. The van der Waals surface area contributed by atoms with Crippen molar-refractivity contribution in [3.8, 4) is 17.6 Å². The van der Waals surface area contributed by atoms with Crippen LogP contribution in [0.15, 0.2) is 47.4 Å². The largest absolute Gasteiger partial charge is 0.490 e. The molecule has 1 aromatic heterocycles. The van der Waals surface area contributed by atoms with E-state index in [0.717, 1.165) is 11.3 Å². The van der Waals surface area contributed by atoms with Crippen molar-refractivity contribution in [2.75, 3.05) is 13.2 Å². The summed E-state index contributed by atoms with van der Waals surface area (Å²) in [6, 6.07) is 12.9. The predicted octanol–water partition coefficient (Wildman–Crippen LogP) is 2.14. The Morgan fingerprint density at radius 2 is 2.00 bits per heavy atom. The molecule has 0 fully saturated rings. The molecule has 1 aromatic carbocycles. The van der Waals surface area contributed by atoms with Crippen LogP contribution in [-0.4, -0.2) is 17.8 Å². The fourth-order valence-corrected chi connectivity index (χ4v) is 1.84. The van der Waals surface area contributed by atoms with Crippen molar-refractivity contribution in [1.29, 1.82) is 5.26 Å². The molecule has 21 heavy (non-hydrogen) atoms. The summed E-state index contributed by atoms with van der Waals surface area (Å²) in [4.78, 5) is 11.9. The van der Waals surface area contributed by atoms with Gasteiger partial charge in [0.2, 0.25) is 0 Å². The number of benzene rings is 1. The summed E-state index contributed by atoms with van der Waals surface area (Å²) in [6.07, 6.45) is 1.56. The number of hydrogen-bond acceptors (Lipinski definition) is 4. The Hall–Kier alpha value is -2.74. The lowest BCUT2D eigenvalue weighted by Gasteiger charge is -2.09. The van der Waals surface area contributed by atoms with Crippen molar-refractivity contribution in [1.82, 2.24) is 4.57 Å². The fourth-order valence-electron chi connectivity index (χ4n) is 1.84. The molecule has 2 rings (SSSR count). The van der Waals surface area contributed by atoms with Gasteiger partial charge in [0, 0.05) is 6.20 Å². The molecule has 0 atom stereocenters. The molecule has 0 radical (unpaired) electrons. The lowest BCUT2D eigenvalue weighted by Crippen LogP contribution is -2.22. The number of pyridine rings is 1. The van der Waals surface area contributed by atoms with Crippen LogP contribution in [0.25, 0.3) is 0 Å². The minimum absolute atomic E-state index is 0.00975. The van der Waals surface area contributed by atoms with Gasteiger partial charge in [-0.2, -0.15) is 5.26 Å². The minimum atomic E-state index is -0.311. The molecule has 2 aromatic rings. The Bertz CT molecular complexity index is 701. The van der Waals surface area contributed by atoms with E-state index in [-0.39, 0.29) is 24.5 Å². The second-order valence-corrected chi connectivity index (χ2v) is 4.48. The van der Waals surface area contributed by atoms with Gasteiger partial charge in [-0.15, -0.1) is 0 Å². The van der Waals surface area contributed by atoms with Gasteiger partial charge >= 0.3 is 0 Å². The molecule has 0 saturated carbocycles. The van der Waals surface area contributed by atoms with Crippen LogP contribution in [0.3, 0.4) is 0 Å². The van der Waals surface area contributed by atoms with Gasteiger partial charge in [-0.05, 0) is 36.8 Å². The highest BCUT2D eigenvalue weighted by molar-refractivity contribution is 5.27. The maximum atomic E-state index is 11.9. The summed E-state index contributed by atoms with van der Waals surface area (Å²) in [7, 11) is 0. The summed E-state index contributed by atoms with van der Waals surface area (Å²) >= 11 is 0. The molecule has 0 spiro atoms. The van der Waals surface area contributed by atoms with E-state index >= 15 is 0 Å². The van der Waals surface area contributed by atoms with Gasteiger partial charge in [-0.1, -0.05) is 12.1 Å². The molecule has 0 amide bonds. The molecule has 0 aliphatic heterocycles. The maximum Gasteiger partial charge on any atom is 0.293 e. The van der Waals surface area contributed by atoms with E-state index in [4.69, 9.17) is 14.7 Å². The van der Waals surface area contributed by atoms with Gasteiger partial charge in [0.25, 0.3) is 5.56 Å². The molecule has 5 nitrogen and oxygen atoms in total. The molecule has 0 saturated heterocycles. The van der Waals surface area contributed by atoms with Crippen molar-refractivity contribution in [3.05, 3.63) is 58.5 Å². The number of nitrogens with zero attached hydrogens (tertiary/aromatic N) is 2. The molecule has 0 aliphatic rings. The van der Waals surface area contributed by atoms with E-state index in [1.54, 1.807) is 18.3 Å². The molecule has 0 bridgehead atoms. The summed E-state index contributed by atoms with van der Waals surface area (Å²) in [5, 5.41) is 8.63. The SMILES string of the molecule is Cc1cccc(OCCOc2cccn(CC#N)c2=O)c1. The van der Waals surface area contributed by atoms with E-state index in [1.807, 2.05) is 37.3 Å². The fraction of sp³-hybridized carbons (Fsp3) is 0.250. The zero-order valence-corrected chi connectivity index (χ0v) is 11.8. The number of hydrogen-bond donors (Lipinski definition) is 0. The Kier molecular flexibility index (Phi) is 4.99. The van der Waals surface area contributed by atoms with E-state index in [2.05, 4.69) is 0 Å². The van der Waals surface area contributed by atoms with Crippen molar-refractivity contribution in [2.24, 2.45) is 0 Å². The van der Waals surface area contributed by atoms with Gasteiger partial charge in [0.05, 0.1) is 6.07 Å². The molecule has 108 valence electrons. The van der Waals surface area contributed by atoms with Crippen LogP contribution in [0.4, 0.5) is 0 Å². The summed E-state index contributed by atoms with van der Waals surface area (Å²) in [5.74, 6) is 0.995. The first kappa shape index (κ1) is 14.7. The Labute approximate surface area is 123 Å². The first-order chi connectivity index (χ1) is 10.2. The van der Waals surface area contributed by atoms with E-state index in [0.29, 0.717) is 6.61 Å². The van der Waals surface area contributed by atoms with Crippen LogP contribution < -0.4 is 15.0 Å². The molecule has 0 aliphatic carbocycles. The van der Waals surface area contributed by atoms with Gasteiger partial charge < -0.3 is 9.47 Å². The molecule has 0 unspecified atom stereocenters. The Morgan fingerprint density at radius 1 is 1.19 bits per heavy atom. The smallest absolute Gasteiger partial charge is 0.293 e. The Balaban J connectivity index is 1.88. The highest BCUT2D eigenvalue weighted by Crippen LogP contribution is 2.12. The number of nitriles is 1. The maximum absolute atomic E-state index is 11.9. The second kappa shape index (κ2) is 7.15. The van der Waals surface area contributed by atoms with Crippen LogP contribution in [-0.2, 0) is 6.54 Å². The summed E-state index contributed by atoms with van der Waals surface area (Å²) < 4.78 is 12.3. The van der Waals surface area contributed by atoms with E-state index < -0.39 is 0 Å². The monoisotopic (exact) mass is 284 g/mol. The van der Waals surface area contributed by atoms with Crippen LogP contribution in [0, 0.1) is 18.3 Å². The summed E-state index contributed by atoms with van der Waals surface area (Å²) in [6.45, 7) is 2.61. The van der Waals surface area contributed by atoms with Crippen LogP contribution in [0.2, 0.25) is 0 Å². The number of aryl methyl sites for hydroxylation is 1. The third-order valence-corrected chi connectivity index (χ3v) is 2.83. The number of rotatable bonds is 6. The molecule has 0 N–H and O–H groups in total. The lowest BCUT2D eigenvalue weighted by atomic mass is 10.2. The molecular weight excluding hydrogens is 268 g/mol. The van der Waals surface area contributed by atoms with Crippen molar-refractivity contribution < 1.29 is 9.47 Å². The molecule has 5 heteroatoms. The van der Waals surface area contributed by atoms with Gasteiger partial charge in [-0.25, -0.2) is 0 Å². The average Bonchev–Trinajstić information content (AvgIpc) is 2.47. The third-order valence-electron chi connectivity index (χ3n) is 2.83. The van der Waals surface area contributed by atoms with Gasteiger partial charge in [0.15, 0.2) is 5.75 Å². The first-order valence-corrected chi connectivity index (χ1v) is 6.59. The third kappa shape index (κ3) is 4.11. The topological polar surface area (TPSA) is 64.2 Å². The summed E-state index contributed by atoms with van der Waals surface area (Å²) in [5.41, 5.74) is 0.811. The highest BCUT2D eigenvalue weighted by atomic mass is 16.5. The molecule has 1 heterocycles. The van der Waals surface area contributed by atoms with Crippen LogP contribution in [0.1, 0.15) is 5.56 Å². The predicted molar refractivity (Wildman–Crippen MR) is 78.5 cm³/mol. The lowest BCUT2D eigenvalue weighted by molar-refractivity contribution is 0.214. The zero-order valence-electron chi connectivity index (χ0n) is 11.8. The minimum Gasteiger partial charge on any atom is -0.490 e. The van der Waals surface area contributed by atoms with E-state index in [1.165, 1.54) is 4.57 Å². The van der Waals surface area contributed by atoms with Crippen molar-refractivity contribution in [2.45, 2.75) is 13.5 Å². The van der Waals surface area contributed by atoms with Crippen molar-refractivity contribution >= 4 is 0 Å². The van der Waals surface area contributed by atoms with Crippen LogP contribution >= 0.6 is 0 Å². The normalized spacial score (nSPS) is 9.90. The Morgan fingerprint density at radius 3 is 2.76 bits per heavy atom. The van der Waals surface area contributed by atoms with Gasteiger partial charge in [0.1, 0.15) is 25.5 Å². The van der Waals surface area contributed by atoms with Gasteiger partial charge in [-0.3, -0.25) is 9.36 Å². The van der Waals surface area contributed by atoms with E-state index in [9.17, 15) is 4.79 Å². The zero-order chi connectivity index (χ0) is 15.1. The average molecular weight is 284 g/mol. The van der Waals surface area contributed by atoms with Crippen LogP contribution in [0.5, 0.6) is 11.5 Å². The number of ether oxygens (including phenoxy) is 2. The van der Waals surface area contributed by atoms with Crippen molar-refractivity contribution in [3.63, 3.8) is 0 Å².